The van der Waals surface area contributed by atoms with Gasteiger partial charge in [-0.2, -0.15) is 0 Å². The first-order valence-electron chi connectivity index (χ1n) is 10.4. The van der Waals surface area contributed by atoms with Gasteiger partial charge in [0.2, 0.25) is 5.91 Å². The average Bonchev–Trinajstić information content (AvgIpc) is 3.10. The molecule has 1 aliphatic rings. The highest BCUT2D eigenvalue weighted by molar-refractivity contribution is 7.15. The van der Waals surface area contributed by atoms with Gasteiger partial charge in [-0.05, 0) is 33.3 Å². The van der Waals surface area contributed by atoms with Crippen LogP contribution >= 0.6 is 11.3 Å². The molecule has 0 aliphatic carbocycles. The van der Waals surface area contributed by atoms with Crippen LogP contribution in [0.15, 0.2) is 29.6 Å². The second-order valence-corrected chi connectivity index (χ2v) is 8.63. The third-order valence-corrected chi connectivity index (χ3v) is 5.93. The van der Waals surface area contributed by atoms with Gasteiger partial charge in [-0.25, -0.2) is 4.79 Å². The van der Waals surface area contributed by atoms with Gasteiger partial charge in [0.15, 0.2) is 0 Å². The highest BCUT2D eigenvalue weighted by Crippen LogP contribution is 2.36. The lowest BCUT2D eigenvalue weighted by atomic mass is 10.0. The number of esters is 1. The summed E-state index contributed by atoms with van der Waals surface area (Å²) in [4.78, 5) is 27.5. The van der Waals surface area contributed by atoms with Crippen molar-refractivity contribution in [2.45, 2.75) is 46.3 Å². The number of carbonyl (C=O) groups is 2. The van der Waals surface area contributed by atoms with E-state index in [0.717, 1.165) is 29.8 Å². The van der Waals surface area contributed by atoms with E-state index >= 15 is 0 Å². The van der Waals surface area contributed by atoms with Crippen molar-refractivity contribution in [2.75, 3.05) is 31.6 Å². The maximum atomic E-state index is 12.7. The highest BCUT2D eigenvalue weighted by Gasteiger charge is 2.25. The molecule has 7 heteroatoms. The molecule has 0 radical (unpaired) electrons. The minimum atomic E-state index is -0.416. The summed E-state index contributed by atoms with van der Waals surface area (Å²) in [5.41, 5.74) is 3.28. The number of hydrogen-bond acceptors (Lipinski definition) is 6. The van der Waals surface area contributed by atoms with Gasteiger partial charge < -0.3 is 14.8 Å². The zero-order valence-corrected chi connectivity index (χ0v) is 18.9. The van der Waals surface area contributed by atoms with Gasteiger partial charge in [-0.15, -0.1) is 11.3 Å². The van der Waals surface area contributed by atoms with Crippen molar-refractivity contribution in [3.63, 3.8) is 0 Å². The molecule has 6 nitrogen and oxygen atoms in total. The maximum Gasteiger partial charge on any atom is 0.341 e. The van der Waals surface area contributed by atoms with Crippen molar-refractivity contribution in [1.82, 2.24) is 4.90 Å². The van der Waals surface area contributed by atoms with Crippen LogP contribution < -0.4 is 5.32 Å². The number of anilines is 1. The summed E-state index contributed by atoms with van der Waals surface area (Å²) in [5, 5.41) is 5.37. The summed E-state index contributed by atoms with van der Waals surface area (Å²) in [6.07, 6.45) is 0.697. The summed E-state index contributed by atoms with van der Waals surface area (Å²) in [6.45, 7) is 10.5. The van der Waals surface area contributed by atoms with Crippen LogP contribution in [0.3, 0.4) is 0 Å². The van der Waals surface area contributed by atoms with Gasteiger partial charge in [-0.3, -0.25) is 9.69 Å². The predicted octanol–water partition coefficient (Wildman–Crippen LogP) is 4.34. The lowest BCUT2D eigenvalue weighted by molar-refractivity contribution is -0.117. The Morgan fingerprint density at radius 1 is 1.20 bits per heavy atom. The number of amides is 1. The molecule has 162 valence electrons. The number of morpholine rings is 1. The fourth-order valence-corrected chi connectivity index (χ4v) is 4.69. The number of rotatable bonds is 7. The van der Waals surface area contributed by atoms with Crippen molar-refractivity contribution in [2.24, 2.45) is 0 Å². The van der Waals surface area contributed by atoms with Crippen LogP contribution in [0.2, 0.25) is 0 Å². The minimum absolute atomic E-state index is 0.107. The SMILES string of the molecule is CCOC(=O)c1c(-c2ccc(C)cc2)csc1NC(=O)CCN1C[C@@H](C)O[C@H](C)C1. The first-order chi connectivity index (χ1) is 14.4. The van der Waals surface area contributed by atoms with Gasteiger partial charge in [-0.1, -0.05) is 29.8 Å². The number of nitrogens with zero attached hydrogens (tertiary/aromatic N) is 1. The number of benzene rings is 1. The summed E-state index contributed by atoms with van der Waals surface area (Å²) in [7, 11) is 0. The summed E-state index contributed by atoms with van der Waals surface area (Å²) >= 11 is 1.35. The molecule has 1 saturated heterocycles. The maximum absolute atomic E-state index is 12.7. The van der Waals surface area contributed by atoms with Crippen molar-refractivity contribution in [1.29, 1.82) is 0 Å². The fraction of sp³-hybridized carbons (Fsp3) is 0.478. The Hall–Kier alpha value is -2.22. The van der Waals surface area contributed by atoms with E-state index in [1.54, 1.807) is 6.92 Å². The van der Waals surface area contributed by atoms with E-state index in [1.165, 1.54) is 11.3 Å². The molecule has 0 unspecified atom stereocenters. The van der Waals surface area contributed by atoms with Crippen molar-refractivity contribution >= 4 is 28.2 Å². The molecule has 1 aromatic heterocycles. The van der Waals surface area contributed by atoms with Crippen LogP contribution in [0.5, 0.6) is 0 Å². The van der Waals surface area contributed by atoms with E-state index in [0.29, 0.717) is 23.5 Å². The molecular formula is C23H30N2O4S. The molecule has 30 heavy (non-hydrogen) atoms. The number of carbonyl (C=O) groups excluding carboxylic acids is 2. The Bertz CT molecular complexity index is 868. The molecular weight excluding hydrogens is 400 g/mol. The van der Waals surface area contributed by atoms with Crippen LogP contribution in [0.1, 0.15) is 43.1 Å². The smallest absolute Gasteiger partial charge is 0.341 e. The first kappa shape index (κ1) is 22.5. The molecule has 2 heterocycles. The minimum Gasteiger partial charge on any atom is -0.462 e. The molecule has 1 N–H and O–H groups in total. The second-order valence-electron chi connectivity index (χ2n) is 7.76. The van der Waals surface area contributed by atoms with Gasteiger partial charge in [0, 0.05) is 37.0 Å². The summed E-state index contributed by atoms with van der Waals surface area (Å²) < 4.78 is 11.0. The molecule has 2 atom stereocenters. The lowest BCUT2D eigenvalue weighted by Crippen LogP contribution is -2.46. The van der Waals surface area contributed by atoms with E-state index in [2.05, 4.69) is 10.2 Å². The Morgan fingerprint density at radius 2 is 1.87 bits per heavy atom. The van der Waals surface area contributed by atoms with Gasteiger partial charge >= 0.3 is 5.97 Å². The lowest BCUT2D eigenvalue weighted by Gasteiger charge is -2.35. The van der Waals surface area contributed by atoms with Crippen LogP contribution in [0.4, 0.5) is 5.00 Å². The van der Waals surface area contributed by atoms with E-state index in [-0.39, 0.29) is 24.7 Å². The highest BCUT2D eigenvalue weighted by atomic mass is 32.1. The topological polar surface area (TPSA) is 67.9 Å². The Balaban J connectivity index is 1.72. The molecule has 1 amide bonds. The number of thiophene rings is 1. The molecule has 1 aliphatic heterocycles. The van der Waals surface area contributed by atoms with Gasteiger partial charge in [0.25, 0.3) is 0 Å². The molecule has 0 bridgehead atoms. The zero-order chi connectivity index (χ0) is 21.7. The van der Waals surface area contributed by atoms with Crippen LogP contribution in [-0.4, -0.2) is 55.2 Å². The fourth-order valence-electron chi connectivity index (χ4n) is 3.72. The van der Waals surface area contributed by atoms with Crippen molar-refractivity contribution in [3.8, 4) is 11.1 Å². The zero-order valence-electron chi connectivity index (χ0n) is 18.1. The third kappa shape index (κ3) is 5.68. The molecule has 1 fully saturated rings. The third-order valence-electron chi connectivity index (χ3n) is 5.04. The van der Waals surface area contributed by atoms with E-state index in [4.69, 9.17) is 9.47 Å². The standard InChI is InChI=1S/C23H30N2O4S/c1-5-28-23(27)21-19(18-8-6-15(2)7-9-18)14-30-22(21)24-20(26)10-11-25-12-16(3)29-17(4)13-25/h6-9,14,16-17H,5,10-13H2,1-4H3,(H,24,26)/t16-,17-/m1/s1. The number of aryl methyl sites for hydroxylation is 1. The largest absolute Gasteiger partial charge is 0.462 e. The van der Waals surface area contributed by atoms with Crippen molar-refractivity contribution < 1.29 is 19.1 Å². The second kappa shape index (κ2) is 10.2. The quantitative estimate of drug-likeness (QED) is 0.662. The summed E-state index contributed by atoms with van der Waals surface area (Å²) in [6, 6.07) is 7.97. The monoisotopic (exact) mass is 430 g/mol. The Kier molecular flexibility index (Phi) is 7.64. The van der Waals surface area contributed by atoms with Crippen molar-refractivity contribution in [3.05, 3.63) is 40.8 Å². The number of hydrogen-bond donors (Lipinski definition) is 1. The van der Waals surface area contributed by atoms with Crippen LogP contribution in [0.25, 0.3) is 11.1 Å². The van der Waals surface area contributed by atoms with Crippen LogP contribution in [0, 0.1) is 6.92 Å². The Morgan fingerprint density at radius 3 is 2.50 bits per heavy atom. The molecule has 0 saturated carbocycles. The normalized spacial score (nSPS) is 19.5. The summed E-state index contributed by atoms with van der Waals surface area (Å²) in [5.74, 6) is -0.523. The molecule has 3 rings (SSSR count). The Labute approximate surface area is 182 Å². The number of ether oxygens (including phenoxy) is 2. The predicted molar refractivity (Wildman–Crippen MR) is 120 cm³/mol. The number of nitrogens with one attached hydrogen (secondary N) is 1. The molecule has 2 aromatic rings. The van der Waals surface area contributed by atoms with E-state index < -0.39 is 5.97 Å². The van der Waals surface area contributed by atoms with Gasteiger partial charge in [0.05, 0.1) is 18.8 Å². The van der Waals surface area contributed by atoms with Gasteiger partial charge in [0.1, 0.15) is 10.6 Å². The van der Waals surface area contributed by atoms with E-state index in [1.807, 2.05) is 50.4 Å². The average molecular weight is 431 g/mol. The first-order valence-corrected chi connectivity index (χ1v) is 11.3. The molecule has 0 spiro atoms. The molecule has 1 aromatic carbocycles. The van der Waals surface area contributed by atoms with E-state index in [9.17, 15) is 9.59 Å². The van der Waals surface area contributed by atoms with Crippen LogP contribution in [-0.2, 0) is 14.3 Å².